The first-order valence-corrected chi connectivity index (χ1v) is 13.3. The van der Waals surface area contributed by atoms with Crippen molar-refractivity contribution in [3.05, 3.63) is 83.7 Å². The zero-order valence-electron chi connectivity index (χ0n) is 19.2. The van der Waals surface area contributed by atoms with Gasteiger partial charge in [-0.3, -0.25) is 4.79 Å². The van der Waals surface area contributed by atoms with Crippen molar-refractivity contribution in [1.29, 1.82) is 0 Å². The third kappa shape index (κ3) is 5.78. The van der Waals surface area contributed by atoms with Gasteiger partial charge < -0.3 is 9.73 Å². The number of amides is 1. The third-order valence-electron chi connectivity index (χ3n) is 5.57. The van der Waals surface area contributed by atoms with Crippen molar-refractivity contribution >= 4 is 39.9 Å². The molecule has 0 saturated heterocycles. The van der Waals surface area contributed by atoms with Crippen LogP contribution in [0.2, 0.25) is 0 Å². The summed E-state index contributed by atoms with van der Waals surface area (Å²) in [4.78, 5) is 18.3. The summed E-state index contributed by atoms with van der Waals surface area (Å²) in [6.07, 6.45) is 1.81. The maximum absolute atomic E-state index is 12.4. The minimum Gasteiger partial charge on any atom is -0.411 e. The molecule has 0 saturated carbocycles. The summed E-state index contributed by atoms with van der Waals surface area (Å²) >= 11 is 2.88. The Morgan fingerprint density at radius 3 is 2.71 bits per heavy atom. The van der Waals surface area contributed by atoms with Crippen LogP contribution >= 0.6 is 23.1 Å². The fraction of sp³-hybridized carbons (Fsp3) is 0.185. The number of hydrogen-bond donors (Lipinski definition) is 1. The average molecular weight is 501 g/mol. The molecule has 0 bridgehead atoms. The summed E-state index contributed by atoms with van der Waals surface area (Å²) in [5, 5.41) is 14.8. The number of pyridine rings is 1. The molecular formula is C27H24N4O2S2. The van der Waals surface area contributed by atoms with Gasteiger partial charge in [-0.25, -0.2) is 4.98 Å². The number of carbonyl (C=O) groups is 1. The number of nitrogens with zero attached hydrogens (tertiary/aromatic N) is 3. The van der Waals surface area contributed by atoms with E-state index in [1.807, 2.05) is 73.0 Å². The lowest BCUT2D eigenvalue weighted by molar-refractivity contribution is -0.119. The Kier molecular flexibility index (Phi) is 7.20. The molecule has 1 amide bonds. The first-order valence-electron chi connectivity index (χ1n) is 11.4. The minimum atomic E-state index is -0.0512. The highest BCUT2D eigenvalue weighted by Gasteiger charge is 2.17. The fourth-order valence-electron chi connectivity index (χ4n) is 3.82. The van der Waals surface area contributed by atoms with Crippen LogP contribution in [0.3, 0.4) is 0 Å². The van der Waals surface area contributed by atoms with Crippen molar-refractivity contribution in [2.45, 2.75) is 31.0 Å². The zero-order valence-corrected chi connectivity index (χ0v) is 20.8. The molecule has 5 rings (SSSR count). The van der Waals surface area contributed by atoms with Crippen LogP contribution in [0.15, 0.2) is 87.8 Å². The van der Waals surface area contributed by atoms with Crippen LogP contribution in [0.1, 0.15) is 18.9 Å². The second-order valence-electron chi connectivity index (χ2n) is 8.20. The van der Waals surface area contributed by atoms with Crippen LogP contribution in [0.4, 0.5) is 0 Å². The zero-order chi connectivity index (χ0) is 24.0. The van der Waals surface area contributed by atoms with Crippen molar-refractivity contribution in [3.63, 3.8) is 0 Å². The van der Waals surface area contributed by atoms with Gasteiger partial charge in [0.1, 0.15) is 0 Å². The standard InChI is InChI=1S/C27H24N4O2S2/c1-18(13-14-19-8-3-2-4-9-19)28-25(32)17-35-27-31-30-26(33-27)21-16-23(24-12-7-15-34-24)29-22-11-6-5-10-20(21)22/h2-12,15-16,18H,13-14,17H2,1H3,(H,28,32)/t18-/m1/s1. The summed E-state index contributed by atoms with van der Waals surface area (Å²) in [5.74, 6) is 0.583. The SMILES string of the molecule is C[C@H](CCc1ccccc1)NC(=O)CSc1nnc(-c2cc(-c3cccs3)nc3ccccc23)o1. The molecule has 3 aromatic heterocycles. The van der Waals surface area contributed by atoms with Gasteiger partial charge in [0.05, 0.1) is 27.4 Å². The number of thioether (sulfide) groups is 1. The first-order chi connectivity index (χ1) is 17.2. The highest BCUT2D eigenvalue weighted by molar-refractivity contribution is 7.99. The van der Waals surface area contributed by atoms with Gasteiger partial charge in [-0.1, -0.05) is 66.4 Å². The Balaban J connectivity index is 1.24. The molecule has 0 aliphatic rings. The number of rotatable bonds is 9. The molecule has 0 fully saturated rings. The number of hydrogen-bond acceptors (Lipinski definition) is 7. The van der Waals surface area contributed by atoms with Gasteiger partial charge in [0, 0.05) is 11.4 Å². The van der Waals surface area contributed by atoms with Crippen molar-refractivity contribution in [3.8, 4) is 22.0 Å². The van der Waals surface area contributed by atoms with E-state index in [9.17, 15) is 4.79 Å². The molecule has 0 radical (unpaired) electrons. The molecule has 0 aliphatic heterocycles. The molecule has 35 heavy (non-hydrogen) atoms. The lowest BCUT2D eigenvalue weighted by Crippen LogP contribution is -2.34. The van der Waals surface area contributed by atoms with Crippen LogP contribution in [0.5, 0.6) is 0 Å². The predicted octanol–water partition coefficient (Wildman–Crippen LogP) is 6.24. The maximum Gasteiger partial charge on any atom is 0.277 e. The molecule has 6 nitrogen and oxygen atoms in total. The average Bonchev–Trinajstić information content (AvgIpc) is 3.59. The number of thiophene rings is 1. The first kappa shape index (κ1) is 23.3. The summed E-state index contributed by atoms with van der Waals surface area (Å²) < 4.78 is 5.95. The van der Waals surface area contributed by atoms with E-state index in [1.165, 1.54) is 17.3 Å². The molecule has 176 valence electrons. The van der Waals surface area contributed by atoms with E-state index in [0.29, 0.717) is 11.1 Å². The Labute approximate surface area is 211 Å². The summed E-state index contributed by atoms with van der Waals surface area (Å²) in [7, 11) is 0. The van der Waals surface area contributed by atoms with E-state index in [1.54, 1.807) is 11.3 Å². The number of para-hydroxylation sites is 1. The van der Waals surface area contributed by atoms with E-state index in [4.69, 9.17) is 9.40 Å². The molecule has 8 heteroatoms. The molecule has 1 N–H and O–H groups in total. The summed E-state index contributed by atoms with van der Waals surface area (Å²) in [6, 6.07) is 24.3. The van der Waals surface area contributed by atoms with Gasteiger partial charge >= 0.3 is 0 Å². The fourth-order valence-corrected chi connectivity index (χ4v) is 5.08. The molecule has 0 aliphatic carbocycles. The maximum atomic E-state index is 12.4. The smallest absolute Gasteiger partial charge is 0.277 e. The lowest BCUT2D eigenvalue weighted by atomic mass is 10.1. The number of benzene rings is 2. The van der Waals surface area contributed by atoms with Crippen molar-refractivity contribution < 1.29 is 9.21 Å². The number of fused-ring (bicyclic) bond motifs is 1. The Morgan fingerprint density at radius 1 is 1.06 bits per heavy atom. The highest BCUT2D eigenvalue weighted by atomic mass is 32.2. The van der Waals surface area contributed by atoms with Crippen molar-refractivity contribution in [1.82, 2.24) is 20.5 Å². The van der Waals surface area contributed by atoms with Gasteiger partial charge in [0.2, 0.25) is 11.8 Å². The second-order valence-corrected chi connectivity index (χ2v) is 10.1. The topological polar surface area (TPSA) is 80.9 Å². The van der Waals surface area contributed by atoms with Gasteiger partial charge in [-0.2, -0.15) is 0 Å². The van der Waals surface area contributed by atoms with Gasteiger partial charge in [0.25, 0.3) is 5.22 Å². The highest BCUT2D eigenvalue weighted by Crippen LogP contribution is 2.33. The van der Waals surface area contributed by atoms with E-state index < -0.39 is 0 Å². The van der Waals surface area contributed by atoms with Crippen LogP contribution in [0, 0.1) is 0 Å². The van der Waals surface area contributed by atoms with Crippen LogP contribution in [-0.2, 0) is 11.2 Å². The quantitative estimate of drug-likeness (QED) is 0.241. The normalized spacial score (nSPS) is 12.0. The van der Waals surface area contributed by atoms with Gasteiger partial charge in [-0.15, -0.1) is 21.5 Å². The van der Waals surface area contributed by atoms with Crippen molar-refractivity contribution in [2.24, 2.45) is 0 Å². The Hall–Kier alpha value is -3.49. The van der Waals surface area contributed by atoms with Crippen molar-refractivity contribution in [2.75, 3.05) is 5.75 Å². The number of aromatic nitrogens is 3. The van der Waals surface area contributed by atoms with Crippen LogP contribution in [0.25, 0.3) is 32.9 Å². The van der Waals surface area contributed by atoms with E-state index in [2.05, 4.69) is 27.6 Å². The summed E-state index contributed by atoms with van der Waals surface area (Å²) in [6.45, 7) is 2.02. The number of aryl methyl sites for hydroxylation is 1. The molecule has 0 spiro atoms. The minimum absolute atomic E-state index is 0.0512. The third-order valence-corrected chi connectivity index (χ3v) is 7.28. The molecule has 3 heterocycles. The molecule has 0 unspecified atom stereocenters. The number of carbonyl (C=O) groups excluding carboxylic acids is 1. The molecule has 2 aromatic carbocycles. The number of nitrogens with one attached hydrogen (secondary N) is 1. The van der Waals surface area contributed by atoms with Crippen LogP contribution < -0.4 is 5.32 Å². The predicted molar refractivity (Wildman–Crippen MR) is 141 cm³/mol. The summed E-state index contributed by atoms with van der Waals surface area (Å²) in [5.41, 5.74) is 3.83. The molecule has 5 aromatic rings. The Bertz CT molecular complexity index is 1420. The van der Waals surface area contributed by atoms with Gasteiger partial charge in [0.15, 0.2) is 0 Å². The van der Waals surface area contributed by atoms with E-state index >= 15 is 0 Å². The Morgan fingerprint density at radius 2 is 1.89 bits per heavy atom. The molecular weight excluding hydrogens is 476 g/mol. The monoisotopic (exact) mass is 500 g/mol. The lowest BCUT2D eigenvalue weighted by Gasteiger charge is -2.13. The van der Waals surface area contributed by atoms with E-state index in [-0.39, 0.29) is 17.7 Å². The van der Waals surface area contributed by atoms with E-state index in [0.717, 1.165) is 39.9 Å². The molecule has 1 atom stereocenters. The second kappa shape index (κ2) is 10.8. The van der Waals surface area contributed by atoms with Gasteiger partial charge in [-0.05, 0) is 48.9 Å². The largest absolute Gasteiger partial charge is 0.411 e. The van der Waals surface area contributed by atoms with Crippen LogP contribution in [-0.4, -0.2) is 32.9 Å².